The van der Waals surface area contributed by atoms with Gasteiger partial charge in [-0.3, -0.25) is 0 Å². The maximum absolute atomic E-state index is 10.1. The Morgan fingerprint density at radius 2 is 1.90 bits per heavy atom. The van der Waals surface area contributed by atoms with E-state index in [9.17, 15) is 10.2 Å². The lowest BCUT2D eigenvalue weighted by molar-refractivity contribution is -0.113. The van der Waals surface area contributed by atoms with Crippen LogP contribution in [-0.2, 0) is 11.2 Å². The van der Waals surface area contributed by atoms with Gasteiger partial charge in [0.15, 0.2) is 0 Å². The van der Waals surface area contributed by atoms with Gasteiger partial charge in [-0.25, -0.2) is 0 Å². The Kier molecular flexibility index (Phi) is 7.11. The van der Waals surface area contributed by atoms with E-state index in [0.717, 1.165) is 28.4 Å². The summed E-state index contributed by atoms with van der Waals surface area (Å²) < 4.78 is 11.7. The number of hydrogen-bond donors (Lipinski definition) is 2. The van der Waals surface area contributed by atoms with Crippen LogP contribution in [0.1, 0.15) is 48.5 Å². The SMILES string of the molecule is OCC1CC(O)CC(c2ccc(Cl)c(Cc3ccc(OC/C=C/C4CC4)cc3)c2)O1. The van der Waals surface area contributed by atoms with Gasteiger partial charge in [0.2, 0.25) is 0 Å². The molecule has 1 saturated carbocycles. The van der Waals surface area contributed by atoms with E-state index in [2.05, 4.69) is 24.3 Å². The predicted octanol–water partition coefficient (Wildman–Crippen LogP) is 4.85. The molecule has 3 atom stereocenters. The van der Waals surface area contributed by atoms with Crippen molar-refractivity contribution in [1.29, 1.82) is 0 Å². The van der Waals surface area contributed by atoms with E-state index < -0.39 is 6.10 Å². The van der Waals surface area contributed by atoms with Gasteiger partial charge in [-0.1, -0.05) is 48.0 Å². The molecule has 1 aliphatic heterocycles. The van der Waals surface area contributed by atoms with Crippen LogP contribution < -0.4 is 4.74 Å². The van der Waals surface area contributed by atoms with Crippen molar-refractivity contribution in [3.8, 4) is 5.75 Å². The average molecular weight is 429 g/mol. The van der Waals surface area contributed by atoms with Crippen molar-refractivity contribution in [2.24, 2.45) is 5.92 Å². The smallest absolute Gasteiger partial charge is 0.119 e. The molecule has 2 N–H and O–H groups in total. The highest BCUT2D eigenvalue weighted by Crippen LogP contribution is 2.34. The maximum atomic E-state index is 10.1. The monoisotopic (exact) mass is 428 g/mol. The van der Waals surface area contributed by atoms with Crippen LogP contribution in [0.25, 0.3) is 0 Å². The molecule has 0 spiro atoms. The van der Waals surface area contributed by atoms with E-state index in [1.165, 1.54) is 12.8 Å². The molecule has 2 aliphatic rings. The first-order valence-electron chi connectivity index (χ1n) is 10.7. The zero-order valence-electron chi connectivity index (χ0n) is 17.0. The maximum Gasteiger partial charge on any atom is 0.119 e. The first-order valence-corrected chi connectivity index (χ1v) is 11.1. The minimum Gasteiger partial charge on any atom is -0.490 e. The van der Waals surface area contributed by atoms with Crippen LogP contribution in [-0.4, -0.2) is 35.6 Å². The summed E-state index contributed by atoms with van der Waals surface area (Å²) in [5.41, 5.74) is 3.14. The third-order valence-electron chi connectivity index (χ3n) is 5.72. The van der Waals surface area contributed by atoms with E-state index in [1.54, 1.807) is 0 Å². The fourth-order valence-electron chi connectivity index (χ4n) is 3.86. The number of aliphatic hydroxyl groups excluding tert-OH is 2. The van der Waals surface area contributed by atoms with Gasteiger partial charge >= 0.3 is 0 Å². The molecule has 4 nitrogen and oxygen atoms in total. The Bertz CT molecular complexity index is 860. The zero-order chi connectivity index (χ0) is 20.9. The van der Waals surface area contributed by atoms with Crippen LogP contribution in [0.15, 0.2) is 54.6 Å². The van der Waals surface area contributed by atoms with Crippen molar-refractivity contribution < 1.29 is 19.7 Å². The summed E-state index contributed by atoms with van der Waals surface area (Å²) in [4.78, 5) is 0. The first kappa shape index (κ1) is 21.4. The second-order valence-electron chi connectivity index (χ2n) is 8.30. The summed E-state index contributed by atoms with van der Waals surface area (Å²) in [6.07, 6.45) is 7.63. The number of rotatable bonds is 8. The van der Waals surface area contributed by atoms with Gasteiger partial charge in [0.05, 0.1) is 24.9 Å². The van der Waals surface area contributed by atoms with Crippen LogP contribution in [0.3, 0.4) is 0 Å². The van der Waals surface area contributed by atoms with Crippen molar-refractivity contribution in [1.82, 2.24) is 0 Å². The summed E-state index contributed by atoms with van der Waals surface area (Å²) in [7, 11) is 0. The molecule has 4 rings (SSSR count). The van der Waals surface area contributed by atoms with Crippen LogP contribution in [0.5, 0.6) is 5.75 Å². The molecule has 1 heterocycles. The van der Waals surface area contributed by atoms with Crippen molar-refractivity contribution in [2.75, 3.05) is 13.2 Å². The summed E-state index contributed by atoms with van der Waals surface area (Å²) in [5.74, 6) is 1.63. The summed E-state index contributed by atoms with van der Waals surface area (Å²) in [6.45, 7) is 0.518. The lowest BCUT2D eigenvalue weighted by Crippen LogP contribution is -2.33. The Morgan fingerprint density at radius 3 is 2.63 bits per heavy atom. The molecule has 1 saturated heterocycles. The third-order valence-corrected chi connectivity index (χ3v) is 6.09. The highest BCUT2D eigenvalue weighted by Gasteiger charge is 2.29. The van der Waals surface area contributed by atoms with Crippen LogP contribution in [0.2, 0.25) is 5.02 Å². The molecule has 0 radical (unpaired) electrons. The van der Waals surface area contributed by atoms with Gasteiger partial charge in [0, 0.05) is 17.9 Å². The molecule has 0 aromatic heterocycles. The highest BCUT2D eigenvalue weighted by molar-refractivity contribution is 6.31. The molecule has 2 fully saturated rings. The molecule has 1 aliphatic carbocycles. The summed E-state index contributed by atoms with van der Waals surface area (Å²) in [6, 6.07) is 14.0. The molecular weight excluding hydrogens is 400 g/mol. The standard InChI is InChI=1S/C25H29ClO4/c26-24-10-7-19(25-15-21(28)14-23(16-27)30-25)13-20(24)12-18-5-8-22(9-6-18)29-11-1-2-17-3-4-17/h1-2,5-10,13,17,21,23,25,27-28H,3-4,11-12,14-16H2/b2-1+. The van der Waals surface area contributed by atoms with Gasteiger partial charge < -0.3 is 19.7 Å². The fraction of sp³-hybridized carbons (Fsp3) is 0.440. The van der Waals surface area contributed by atoms with Crippen molar-refractivity contribution in [3.05, 3.63) is 76.3 Å². The second kappa shape index (κ2) is 9.97. The average Bonchev–Trinajstić information content (AvgIpc) is 3.58. The van der Waals surface area contributed by atoms with Crippen LogP contribution >= 0.6 is 11.6 Å². The lowest BCUT2D eigenvalue weighted by atomic mass is 9.94. The fourth-order valence-corrected chi connectivity index (χ4v) is 4.04. The van der Waals surface area contributed by atoms with E-state index in [0.29, 0.717) is 30.9 Å². The number of benzene rings is 2. The number of allylic oxidation sites excluding steroid dienone is 1. The van der Waals surface area contributed by atoms with Crippen molar-refractivity contribution in [3.63, 3.8) is 0 Å². The molecule has 30 heavy (non-hydrogen) atoms. The van der Waals surface area contributed by atoms with E-state index in [1.807, 2.05) is 30.3 Å². The highest BCUT2D eigenvalue weighted by atomic mass is 35.5. The third kappa shape index (κ3) is 5.86. The van der Waals surface area contributed by atoms with E-state index in [-0.39, 0.29) is 18.8 Å². The molecule has 160 valence electrons. The molecule has 2 aromatic rings. The number of halogens is 1. The van der Waals surface area contributed by atoms with Gasteiger partial charge in [-0.05, 0) is 60.1 Å². The van der Waals surface area contributed by atoms with E-state index >= 15 is 0 Å². The van der Waals surface area contributed by atoms with Gasteiger partial charge in [-0.15, -0.1) is 0 Å². The molecule has 2 aromatic carbocycles. The Morgan fingerprint density at radius 1 is 1.10 bits per heavy atom. The minimum atomic E-state index is -0.466. The number of ether oxygens (including phenoxy) is 2. The Balaban J connectivity index is 1.39. The Labute approximate surface area is 183 Å². The van der Waals surface area contributed by atoms with Gasteiger partial charge in [0.1, 0.15) is 12.4 Å². The van der Waals surface area contributed by atoms with Gasteiger partial charge in [-0.2, -0.15) is 0 Å². The molecule has 5 heteroatoms. The summed E-state index contributed by atoms with van der Waals surface area (Å²) in [5, 5.41) is 20.2. The molecule has 0 bridgehead atoms. The topological polar surface area (TPSA) is 58.9 Å². The van der Waals surface area contributed by atoms with Crippen LogP contribution in [0.4, 0.5) is 0 Å². The lowest BCUT2D eigenvalue weighted by Gasteiger charge is -2.32. The quantitative estimate of drug-likeness (QED) is 0.590. The predicted molar refractivity (Wildman–Crippen MR) is 118 cm³/mol. The number of hydrogen-bond acceptors (Lipinski definition) is 4. The summed E-state index contributed by atoms with van der Waals surface area (Å²) >= 11 is 6.45. The molecule has 3 unspecified atom stereocenters. The van der Waals surface area contributed by atoms with E-state index in [4.69, 9.17) is 21.1 Å². The Hall–Kier alpha value is -1.85. The zero-order valence-corrected chi connectivity index (χ0v) is 17.8. The van der Waals surface area contributed by atoms with Crippen LogP contribution in [0, 0.1) is 5.92 Å². The largest absolute Gasteiger partial charge is 0.490 e. The first-order chi connectivity index (χ1) is 14.6. The van der Waals surface area contributed by atoms with Crippen molar-refractivity contribution in [2.45, 2.75) is 50.4 Å². The normalized spacial score (nSPS) is 24.3. The molecule has 0 amide bonds. The second-order valence-corrected chi connectivity index (χ2v) is 8.71. The number of aliphatic hydroxyl groups is 2. The van der Waals surface area contributed by atoms with Gasteiger partial charge in [0.25, 0.3) is 0 Å². The minimum absolute atomic E-state index is 0.0845. The van der Waals surface area contributed by atoms with Crippen molar-refractivity contribution >= 4 is 11.6 Å². The molecular formula is C25H29ClO4.